The Kier molecular flexibility index (Phi) is 2.24. The minimum atomic E-state index is -0.454. The Bertz CT molecular complexity index is 749. The Labute approximate surface area is 116 Å². The number of ether oxygens (including phenoxy) is 1. The van der Waals surface area contributed by atoms with Gasteiger partial charge in [-0.1, -0.05) is 53.7 Å². The van der Waals surface area contributed by atoms with E-state index in [9.17, 15) is 0 Å². The van der Waals surface area contributed by atoms with Gasteiger partial charge in [-0.05, 0) is 19.1 Å². The smallest absolute Gasteiger partial charge is 0.183 e. The van der Waals surface area contributed by atoms with Crippen molar-refractivity contribution < 1.29 is 9.26 Å². The monoisotopic (exact) mass is 263 g/mol. The summed E-state index contributed by atoms with van der Waals surface area (Å²) in [5, 5.41) is 4.13. The van der Waals surface area contributed by atoms with Crippen molar-refractivity contribution in [1.29, 1.82) is 0 Å². The lowest BCUT2D eigenvalue weighted by molar-refractivity contribution is 0.168. The van der Waals surface area contributed by atoms with Crippen molar-refractivity contribution in [3.8, 4) is 17.1 Å². The maximum Gasteiger partial charge on any atom is 0.183 e. The molecule has 3 nitrogen and oxygen atoms in total. The molecule has 2 aromatic carbocycles. The summed E-state index contributed by atoms with van der Waals surface area (Å²) in [6, 6.07) is 19.8. The van der Waals surface area contributed by atoms with Gasteiger partial charge in [0.15, 0.2) is 11.4 Å². The molecule has 1 aromatic heterocycles. The number of aromatic nitrogens is 1. The lowest BCUT2D eigenvalue weighted by Gasteiger charge is -2.14. The minimum absolute atomic E-state index is 0.454. The first kappa shape index (κ1) is 11.3. The van der Waals surface area contributed by atoms with Crippen LogP contribution in [0, 0.1) is 0 Å². The molecule has 1 aliphatic rings. The summed E-state index contributed by atoms with van der Waals surface area (Å²) >= 11 is 0. The summed E-state index contributed by atoms with van der Waals surface area (Å²) in [6.45, 7) is 2.03. The van der Waals surface area contributed by atoms with Crippen LogP contribution in [0.25, 0.3) is 11.3 Å². The highest BCUT2D eigenvalue weighted by Gasteiger charge is 2.57. The van der Waals surface area contributed by atoms with E-state index in [0.717, 1.165) is 28.3 Å². The molecule has 0 spiro atoms. The van der Waals surface area contributed by atoms with E-state index in [1.165, 1.54) is 0 Å². The third-order valence-corrected chi connectivity index (χ3v) is 3.66. The van der Waals surface area contributed by atoms with Crippen LogP contribution < -0.4 is 4.74 Å². The summed E-state index contributed by atoms with van der Waals surface area (Å²) in [4.78, 5) is 0. The summed E-state index contributed by atoms with van der Waals surface area (Å²) in [6.07, 6.45) is 0. The van der Waals surface area contributed by atoms with Crippen molar-refractivity contribution in [1.82, 2.24) is 5.16 Å². The fourth-order valence-electron chi connectivity index (χ4n) is 2.55. The molecule has 0 radical (unpaired) electrons. The fourth-order valence-corrected chi connectivity index (χ4v) is 2.55. The van der Waals surface area contributed by atoms with E-state index in [4.69, 9.17) is 9.26 Å². The Hall–Kier alpha value is -2.55. The Morgan fingerprint density at radius 3 is 2.30 bits per heavy atom. The molecule has 0 bridgehead atoms. The maximum absolute atomic E-state index is 6.06. The van der Waals surface area contributed by atoms with Crippen molar-refractivity contribution in [3.05, 3.63) is 71.9 Å². The molecule has 3 heteroatoms. The Morgan fingerprint density at radius 2 is 1.60 bits per heavy atom. The fraction of sp³-hybridized carbons (Fsp3) is 0.118. The lowest BCUT2D eigenvalue weighted by atomic mass is 10.1. The Morgan fingerprint density at radius 1 is 0.950 bits per heavy atom. The molecular formula is C17H13NO2. The van der Waals surface area contributed by atoms with E-state index < -0.39 is 5.60 Å². The highest BCUT2D eigenvalue weighted by molar-refractivity contribution is 5.72. The summed E-state index contributed by atoms with van der Waals surface area (Å²) in [5.41, 5.74) is 2.51. The largest absolute Gasteiger partial charge is 0.476 e. The molecule has 1 heterocycles. The molecule has 0 saturated heterocycles. The van der Waals surface area contributed by atoms with Crippen LogP contribution in [0.3, 0.4) is 0 Å². The van der Waals surface area contributed by atoms with E-state index in [-0.39, 0.29) is 0 Å². The number of hydrogen-bond acceptors (Lipinski definition) is 3. The van der Waals surface area contributed by atoms with Crippen LogP contribution in [-0.2, 0) is 5.60 Å². The van der Waals surface area contributed by atoms with E-state index in [2.05, 4.69) is 5.16 Å². The molecule has 0 amide bonds. The number of rotatable bonds is 3. The van der Waals surface area contributed by atoms with Gasteiger partial charge in [0.05, 0.1) is 5.56 Å². The van der Waals surface area contributed by atoms with Crippen molar-refractivity contribution in [2.45, 2.75) is 12.5 Å². The number of para-hydroxylation sites is 1. The van der Waals surface area contributed by atoms with Crippen LogP contribution in [0.1, 0.15) is 18.2 Å². The molecule has 0 saturated carbocycles. The standard InChI is InChI=1S/C17H13NO2/c1-17(19-13-10-6-3-7-11-13)14-15(20-18-16(14)17)12-8-4-2-5-9-12/h2-11H,1H3. The van der Waals surface area contributed by atoms with Crippen molar-refractivity contribution in [2.75, 3.05) is 0 Å². The maximum atomic E-state index is 6.06. The number of hydrogen-bond donors (Lipinski definition) is 0. The third-order valence-electron chi connectivity index (χ3n) is 3.66. The van der Waals surface area contributed by atoms with Gasteiger partial charge in [0.25, 0.3) is 0 Å². The second kappa shape index (κ2) is 3.97. The summed E-state index contributed by atoms with van der Waals surface area (Å²) < 4.78 is 11.5. The molecule has 3 aromatic rings. The van der Waals surface area contributed by atoms with Crippen molar-refractivity contribution in [2.24, 2.45) is 0 Å². The van der Waals surface area contributed by atoms with Crippen LogP contribution >= 0.6 is 0 Å². The number of nitrogens with zero attached hydrogens (tertiary/aromatic N) is 1. The zero-order valence-electron chi connectivity index (χ0n) is 11.0. The van der Waals surface area contributed by atoms with Gasteiger partial charge in [0.1, 0.15) is 11.4 Å². The van der Waals surface area contributed by atoms with E-state index in [1.54, 1.807) is 0 Å². The predicted octanol–water partition coefficient (Wildman–Crippen LogP) is 4.00. The molecule has 4 rings (SSSR count). The minimum Gasteiger partial charge on any atom is -0.476 e. The average Bonchev–Trinajstić information content (AvgIpc) is 2.88. The van der Waals surface area contributed by atoms with Gasteiger partial charge in [-0.15, -0.1) is 0 Å². The van der Waals surface area contributed by atoms with E-state index in [1.807, 2.05) is 67.6 Å². The SMILES string of the molecule is CC1(Oc2ccccc2)c2noc(-c3ccccc3)c21. The van der Waals surface area contributed by atoms with Crippen molar-refractivity contribution >= 4 is 0 Å². The number of fused-ring (bicyclic) bond motifs is 1. The topological polar surface area (TPSA) is 35.3 Å². The average molecular weight is 263 g/mol. The molecule has 20 heavy (non-hydrogen) atoms. The Balaban J connectivity index is 1.68. The molecule has 1 atom stereocenters. The van der Waals surface area contributed by atoms with Gasteiger partial charge in [-0.2, -0.15) is 0 Å². The van der Waals surface area contributed by atoms with Gasteiger partial charge < -0.3 is 9.26 Å². The van der Waals surface area contributed by atoms with Crippen LogP contribution in [-0.4, -0.2) is 5.16 Å². The zero-order valence-corrected chi connectivity index (χ0v) is 11.0. The van der Waals surface area contributed by atoms with Crippen LogP contribution in [0.5, 0.6) is 5.75 Å². The summed E-state index contributed by atoms with van der Waals surface area (Å²) in [7, 11) is 0. The predicted molar refractivity (Wildman–Crippen MR) is 75.5 cm³/mol. The molecule has 1 unspecified atom stereocenters. The lowest BCUT2D eigenvalue weighted by Crippen LogP contribution is -2.14. The molecular weight excluding hydrogens is 250 g/mol. The van der Waals surface area contributed by atoms with Gasteiger partial charge >= 0.3 is 0 Å². The van der Waals surface area contributed by atoms with E-state index >= 15 is 0 Å². The molecule has 0 aliphatic heterocycles. The normalized spacial score (nSPS) is 19.4. The molecule has 0 N–H and O–H groups in total. The highest BCUT2D eigenvalue weighted by atomic mass is 16.5. The molecule has 98 valence electrons. The zero-order chi connectivity index (χ0) is 13.6. The summed E-state index contributed by atoms with van der Waals surface area (Å²) in [5.74, 6) is 1.64. The first-order valence-corrected chi connectivity index (χ1v) is 6.59. The van der Waals surface area contributed by atoms with Gasteiger partial charge in [-0.25, -0.2) is 0 Å². The highest BCUT2D eigenvalue weighted by Crippen LogP contribution is 2.54. The van der Waals surface area contributed by atoms with Gasteiger partial charge in [0.2, 0.25) is 0 Å². The third kappa shape index (κ3) is 1.56. The first-order valence-electron chi connectivity index (χ1n) is 6.59. The van der Waals surface area contributed by atoms with Crippen LogP contribution in [0.4, 0.5) is 0 Å². The molecule has 1 aliphatic carbocycles. The molecule has 0 fully saturated rings. The number of benzene rings is 2. The van der Waals surface area contributed by atoms with Crippen molar-refractivity contribution in [3.63, 3.8) is 0 Å². The quantitative estimate of drug-likeness (QED) is 0.716. The van der Waals surface area contributed by atoms with Gasteiger partial charge in [0, 0.05) is 5.56 Å². The van der Waals surface area contributed by atoms with Crippen LogP contribution in [0.2, 0.25) is 0 Å². The first-order chi connectivity index (χ1) is 9.79. The van der Waals surface area contributed by atoms with E-state index in [0.29, 0.717) is 0 Å². The second-order valence-electron chi connectivity index (χ2n) is 5.05. The second-order valence-corrected chi connectivity index (χ2v) is 5.05. The van der Waals surface area contributed by atoms with Gasteiger partial charge in [-0.3, -0.25) is 0 Å². The van der Waals surface area contributed by atoms with Crippen LogP contribution in [0.15, 0.2) is 65.2 Å².